The first-order chi connectivity index (χ1) is 15.2. The van der Waals surface area contributed by atoms with Gasteiger partial charge in [0.15, 0.2) is 16.6 Å². The van der Waals surface area contributed by atoms with Crippen LogP contribution in [-0.4, -0.2) is 71.7 Å². The Balaban J connectivity index is 0.00000578. The van der Waals surface area contributed by atoms with Crippen LogP contribution in [0.3, 0.4) is 0 Å². The minimum absolute atomic E-state index is 0. The molecule has 2 saturated heterocycles. The molecule has 8 nitrogen and oxygen atoms in total. The molecule has 204 valence electrons. The zero-order valence-corrected chi connectivity index (χ0v) is 24.3. The van der Waals surface area contributed by atoms with Gasteiger partial charge in [0.2, 0.25) is 23.6 Å². The van der Waals surface area contributed by atoms with E-state index in [1.807, 2.05) is 0 Å². The number of likely N-dealkylation sites (tertiary alicyclic amines) is 2. The van der Waals surface area contributed by atoms with Crippen LogP contribution in [0.15, 0.2) is 0 Å². The molecule has 0 aliphatic carbocycles. The molecule has 0 radical (unpaired) electrons. The summed E-state index contributed by atoms with van der Waals surface area (Å²) in [5, 5.41) is 0. The van der Waals surface area contributed by atoms with E-state index in [0.717, 1.165) is 24.9 Å². The van der Waals surface area contributed by atoms with Crippen LogP contribution in [0.5, 0.6) is 0 Å². The largest absolute Gasteiger partial charge is 0.437 e. The van der Waals surface area contributed by atoms with E-state index in [9.17, 15) is 19.2 Å². The number of imide groups is 2. The van der Waals surface area contributed by atoms with Crippen LogP contribution in [0.1, 0.15) is 66.2 Å². The van der Waals surface area contributed by atoms with Gasteiger partial charge in [0.1, 0.15) is 0 Å². The van der Waals surface area contributed by atoms with Gasteiger partial charge in [-0.3, -0.25) is 29.0 Å². The smallest absolute Gasteiger partial charge is 0.311 e. The molecule has 2 aliphatic heterocycles. The molecule has 2 aliphatic rings. The molecule has 0 N–H and O–H groups in total. The Morgan fingerprint density at radius 3 is 1.17 bits per heavy atom. The van der Waals surface area contributed by atoms with E-state index in [4.69, 9.17) is 8.23 Å². The van der Waals surface area contributed by atoms with Crippen molar-refractivity contribution in [1.29, 1.82) is 0 Å². The first-order valence-electron chi connectivity index (χ1n) is 12.3. The molecule has 0 bridgehead atoms. The van der Waals surface area contributed by atoms with Gasteiger partial charge in [-0.15, -0.1) is 0 Å². The van der Waals surface area contributed by atoms with Crippen LogP contribution in [0.4, 0.5) is 0 Å². The molecule has 2 rings (SSSR count). The molecule has 0 atom stereocenters. The second-order valence-electron chi connectivity index (χ2n) is 10.9. The van der Waals surface area contributed by atoms with Gasteiger partial charge in [0.25, 0.3) is 0 Å². The van der Waals surface area contributed by atoms with Crippen LogP contribution >= 0.6 is 0 Å². The van der Waals surface area contributed by atoms with Crippen molar-refractivity contribution in [1.82, 2.24) is 9.80 Å². The molecular weight excluding hydrogens is 497 g/mol. The van der Waals surface area contributed by atoms with Crippen LogP contribution in [0.2, 0.25) is 51.4 Å². The third-order valence-corrected chi connectivity index (χ3v) is 17.6. The fourth-order valence-corrected chi connectivity index (χ4v) is 18.9. The maximum atomic E-state index is 12.0. The van der Waals surface area contributed by atoms with Crippen molar-refractivity contribution < 1.29 is 27.4 Å². The monoisotopic (exact) mass is 546 g/mol. The first kappa shape index (κ1) is 33.9. The van der Waals surface area contributed by atoms with E-state index in [1.54, 1.807) is 0 Å². The zero-order valence-electron chi connectivity index (χ0n) is 21.3. The summed E-state index contributed by atoms with van der Waals surface area (Å²) in [5.41, 5.74) is 0. The Kier molecular flexibility index (Phi) is 13.5. The van der Waals surface area contributed by atoms with E-state index < -0.39 is 25.2 Å². The molecule has 35 heavy (non-hydrogen) atoms. The third-order valence-electron chi connectivity index (χ3n) is 6.13. The Morgan fingerprint density at radius 1 is 0.600 bits per heavy atom. The van der Waals surface area contributed by atoms with Crippen molar-refractivity contribution in [2.75, 3.05) is 13.1 Å². The highest BCUT2D eigenvalue weighted by Crippen LogP contribution is 2.27. The summed E-state index contributed by atoms with van der Waals surface area (Å²) in [6, 6.07) is 1.73. The average Bonchev–Trinajstić information content (AvgIpc) is 2.64. The highest BCUT2D eigenvalue weighted by atomic mass is 28.5. The van der Waals surface area contributed by atoms with E-state index >= 15 is 0 Å². The number of carbonyl (C=O) groups excluding carboxylic acids is 4. The lowest BCUT2D eigenvalue weighted by Crippen LogP contribution is -2.52. The van der Waals surface area contributed by atoms with Gasteiger partial charge in [-0.05, 0) is 77.1 Å². The molecular formula is C24H50N2O6Si3. The van der Waals surface area contributed by atoms with E-state index in [-0.39, 0.29) is 38.5 Å². The van der Waals surface area contributed by atoms with Crippen molar-refractivity contribution >= 4 is 48.8 Å². The SMILES string of the molecule is C.C.C[Si](C)(CCCN1C(=O)CCCC1=O)O[Si](C)(C)O[Si](C)(C)CCCN1C(=O)CCCC1=O. The Bertz CT molecular complexity index is 666. The maximum absolute atomic E-state index is 12.0. The van der Waals surface area contributed by atoms with Gasteiger partial charge in [-0.25, -0.2) is 0 Å². The van der Waals surface area contributed by atoms with E-state index in [0.29, 0.717) is 51.6 Å². The lowest BCUT2D eigenvalue weighted by Gasteiger charge is -2.39. The normalized spacial score (nSPS) is 17.9. The maximum Gasteiger partial charge on any atom is 0.311 e. The lowest BCUT2D eigenvalue weighted by atomic mass is 10.1. The number of carbonyl (C=O) groups is 4. The molecule has 2 heterocycles. The fourth-order valence-electron chi connectivity index (χ4n) is 4.88. The topological polar surface area (TPSA) is 93.2 Å². The summed E-state index contributed by atoms with van der Waals surface area (Å²) in [6.07, 6.45) is 4.73. The molecule has 0 saturated carbocycles. The van der Waals surface area contributed by atoms with Gasteiger partial charge >= 0.3 is 8.56 Å². The fraction of sp³-hybridized carbons (Fsp3) is 0.833. The molecule has 11 heteroatoms. The van der Waals surface area contributed by atoms with Gasteiger partial charge in [0, 0.05) is 38.8 Å². The first-order valence-corrected chi connectivity index (χ1v) is 21.3. The van der Waals surface area contributed by atoms with Crippen molar-refractivity contribution in [3.63, 3.8) is 0 Å². The molecule has 0 aromatic heterocycles. The minimum atomic E-state index is -2.38. The lowest BCUT2D eigenvalue weighted by molar-refractivity contribution is -0.149. The van der Waals surface area contributed by atoms with Crippen LogP contribution < -0.4 is 0 Å². The molecule has 2 fully saturated rings. The Morgan fingerprint density at radius 2 is 0.886 bits per heavy atom. The van der Waals surface area contributed by atoms with Crippen LogP contribution in [0.25, 0.3) is 0 Å². The quantitative estimate of drug-likeness (QED) is 0.245. The summed E-state index contributed by atoms with van der Waals surface area (Å²) < 4.78 is 13.2. The van der Waals surface area contributed by atoms with Gasteiger partial charge < -0.3 is 8.23 Å². The summed E-state index contributed by atoms with van der Waals surface area (Å²) in [5.74, 6) is -0.202. The predicted octanol–water partition coefficient (Wildman–Crippen LogP) is 5.26. The number of nitrogens with zero attached hydrogens (tertiary/aromatic N) is 2. The van der Waals surface area contributed by atoms with Crippen molar-refractivity contribution in [2.24, 2.45) is 0 Å². The Labute approximate surface area is 216 Å². The highest BCUT2D eigenvalue weighted by molar-refractivity contribution is 6.87. The second-order valence-corrected chi connectivity index (χ2v) is 23.4. The van der Waals surface area contributed by atoms with Crippen LogP contribution in [-0.2, 0) is 27.4 Å². The summed E-state index contributed by atoms with van der Waals surface area (Å²) in [4.78, 5) is 50.9. The van der Waals surface area contributed by atoms with Gasteiger partial charge in [-0.2, -0.15) is 0 Å². The van der Waals surface area contributed by atoms with Gasteiger partial charge in [0.05, 0.1) is 0 Å². The van der Waals surface area contributed by atoms with Gasteiger partial charge in [-0.1, -0.05) is 14.9 Å². The number of piperidine rings is 2. The second kappa shape index (κ2) is 14.0. The molecule has 0 aromatic carbocycles. The zero-order chi connectivity index (χ0) is 24.9. The van der Waals surface area contributed by atoms with E-state index in [2.05, 4.69) is 39.3 Å². The van der Waals surface area contributed by atoms with Crippen molar-refractivity contribution in [3.8, 4) is 0 Å². The summed E-state index contributed by atoms with van der Waals surface area (Å²) >= 11 is 0. The van der Waals surface area contributed by atoms with Crippen molar-refractivity contribution in [3.05, 3.63) is 0 Å². The molecule has 4 amide bonds. The van der Waals surface area contributed by atoms with Crippen LogP contribution in [0, 0.1) is 0 Å². The van der Waals surface area contributed by atoms with E-state index in [1.165, 1.54) is 9.80 Å². The Hall–Kier alpha value is -1.15. The van der Waals surface area contributed by atoms with Crippen molar-refractivity contribution in [2.45, 2.75) is 118 Å². The standard InChI is InChI=1S/C22H42N2O6Si3.2CH4/c1-31(2,17-9-15-23-19(25)11-7-12-20(23)26)29-33(5,6)30-32(3,4)18-10-16-24-21(27)13-8-14-22(24)28;;/h7-18H2,1-6H3;2*1H4. The molecule has 0 aromatic rings. The number of amides is 4. The number of rotatable bonds is 12. The average molecular weight is 547 g/mol. The number of hydrogen-bond donors (Lipinski definition) is 0. The number of hydrogen-bond acceptors (Lipinski definition) is 6. The highest BCUT2D eigenvalue weighted by Gasteiger charge is 2.39. The summed E-state index contributed by atoms with van der Waals surface area (Å²) in [7, 11) is -6.44. The molecule has 0 spiro atoms. The third kappa shape index (κ3) is 11.2. The minimum Gasteiger partial charge on any atom is -0.437 e. The molecule has 0 unspecified atom stereocenters. The summed E-state index contributed by atoms with van der Waals surface area (Å²) in [6.45, 7) is 13.8. The predicted molar refractivity (Wildman–Crippen MR) is 148 cm³/mol.